The van der Waals surface area contributed by atoms with Gasteiger partial charge in [0.2, 0.25) is 5.82 Å². The van der Waals surface area contributed by atoms with E-state index in [2.05, 4.69) is 20.4 Å². The van der Waals surface area contributed by atoms with Crippen molar-refractivity contribution in [3.63, 3.8) is 0 Å². The average molecular weight is 266 g/mol. The number of hydrogen-bond acceptors (Lipinski definition) is 5. The van der Waals surface area contributed by atoms with Gasteiger partial charge in [-0.25, -0.2) is 4.98 Å². The zero-order valence-electron chi connectivity index (χ0n) is 11.0. The fourth-order valence-corrected chi connectivity index (χ4v) is 1.94. The first kappa shape index (κ1) is 12.4. The number of pyridine rings is 1. The molecule has 100 valence electrons. The fourth-order valence-electron chi connectivity index (χ4n) is 1.94. The predicted octanol–water partition coefficient (Wildman–Crippen LogP) is 1.74. The predicted molar refractivity (Wildman–Crippen MR) is 75.0 cm³/mol. The number of nitrogens with zero attached hydrogens (tertiary/aromatic N) is 5. The van der Waals surface area contributed by atoms with Gasteiger partial charge in [-0.1, -0.05) is 36.4 Å². The van der Waals surface area contributed by atoms with Crippen molar-refractivity contribution in [2.24, 2.45) is 5.73 Å². The average Bonchev–Trinajstić information content (AvgIpc) is 2.98. The summed E-state index contributed by atoms with van der Waals surface area (Å²) in [5.41, 5.74) is 7.73. The van der Waals surface area contributed by atoms with Crippen LogP contribution < -0.4 is 5.73 Å². The highest BCUT2D eigenvalue weighted by Gasteiger charge is 2.13. The Labute approximate surface area is 116 Å². The minimum Gasteiger partial charge on any atom is -0.324 e. The molecule has 6 heteroatoms. The highest BCUT2D eigenvalue weighted by atomic mass is 15.6. The van der Waals surface area contributed by atoms with Crippen LogP contribution in [-0.2, 0) is 0 Å². The Kier molecular flexibility index (Phi) is 3.22. The van der Waals surface area contributed by atoms with Crippen LogP contribution in [0.2, 0.25) is 0 Å². The number of hydrogen-bond donors (Lipinski definition) is 1. The molecule has 2 heterocycles. The van der Waals surface area contributed by atoms with Crippen LogP contribution in [-0.4, -0.2) is 25.2 Å². The number of aromatic nitrogens is 5. The largest absolute Gasteiger partial charge is 0.324 e. The first-order chi connectivity index (χ1) is 9.75. The number of rotatable bonds is 3. The summed E-state index contributed by atoms with van der Waals surface area (Å²) in [6.07, 6.45) is 1.69. The Bertz CT molecular complexity index is 704. The Morgan fingerprint density at radius 1 is 1.10 bits per heavy atom. The molecule has 0 aliphatic heterocycles. The smallest absolute Gasteiger partial charge is 0.205 e. The van der Waals surface area contributed by atoms with E-state index in [-0.39, 0.29) is 6.04 Å². The first-order valence-corrected chi connectivity index (χ1v) is 6.32. The van der Waals surface area contributed by atoms with E-state index in [0.29, 0.717) is 11.6 Å². The van der Waals surface area contributed by atoms with Crippen molar-refractivity contribution in [3.05, 3.63) is 54.2 Å². The molecule has 20 heavy (non-hydrogen) atoms. The van der Waals surface area contributed by atoms with Gasteiger partial charge in [0.1, 0.15) is 0 Å². The molecule has 2 aromatic heterocycles. The van der Waals surface area contributed by atoms with Crippen LogP contribution in [0.1, 0.15) is 18.5 Å². The Morgan fingerprint density at radius 2 is 1.90 bits per heavy atom. The molecule has 6 nitrogen and oxygen atoms in total. The maximum absolute atomic E-state index is 5.94. The van der Waals surface area contributed by atoms with Gasteiger partial charge in [-0.3, -0.25) is 0 Å². The molecule has 0 unspecified atom stereocenters. The van der Waals surface area contributed by atoms with Crippen LogP contribution in [0.5, 0.6) is 0 Å². The van der Waals surface area contributed by atoms with Crippen LogP contribution >= 0.6 is 0 Å². The van der Waals surface area contributed by atoms with E-state index in [4.69, 9.17) is 5.73 Å². The van der Waals surface area contributed by atoms with Crippen LogP contribution in [0, 0.1) is 0 Å². The summed E-state index contributed by atoms with van der Waals surface area (Å²) in [6, 6.07) is 13.3. The molecule has 0 radical (unpaired) electrons. The van der Waals surface area contributed by atoms with E-state index in [1.165, 1.54) is 4.80 Å². The van der Waals surface area contributed by atoms with Gasteiger partial charge in [0.25, 0.3) is 0 Å². The lowest BCUT2D eigenvalue weighted by Gasteiger charge is -2.09. The lowest BCUT2D eigenvalue weighted by Crippen LogP contribution is -2.13. The number of benzene rings is 1. The topological polar surface area (TPSA) is 82.5 Å². The van der Waals surface area contributed by atoms with Gasteiger partial charge in [0.15, 0.2) is 5.82 Å². The van der Waals surface area contributed by atoms with Crippen LogP contribution in [0.4, 0.5) is 0 Å². The fraction of sp³-hybridized carbons (Fsp3) is 0.143. The number of nitrogens with two attached hydrogens (primary N) is 1. The minimum atomic E-state index is -0.148. The van der Waals surface area contributed by atoms with E-state index < -0.39 is 0 Å². The highest BCUT2D eigenvalue weighted by molar-refractivity contribution is 5.53. The van der Waals surface area contributed by atoms with Crippen LogP contribution in [0.25, 0.3) is 17.2 Å². The summed E-state index contributed by atoms with van der Waals surface area (Å²) < 4.78 is 0. The molecule has 0 amide bonds. The van der Waals surface area contributed by atoms with E-state index in [9.17, 15) is 0 Å². The molecule has 1 aromatic carbocycles. The summed E-state index contributed by atoms with van der Waals surface area (Å²) in [5.74, 6) is 1.17. The third kappa shape index (κ3) is 2.28. The normalized spacial score (nSPS) is 12.3. The van der Waals surface area contributed by atoms with Crippen molar-refractivity contribution < 1.29 is 0 Å². The maximum Gasteiger partial charge on any atom is 0.205 e. The molecule has 0 bridgehead atoms. The summed E-state index contributed by atoms with van der Waals surface area (Å²) in [5, 5.41) is 12.5. The van der Waals surface area contributed by atoms with E-state index >= 15 is 0 Å². The van der Waals surface area contributed by atoms with Gasteiger partial charge in [-0.2, -0.15) is 0 Å². The summed E-state index contributed by atoms with van der Waals surface area (Å²) in [4.78, 5) is 5.71. The van der Waals surface area contributed by atoms with Crippen molar-refractivity contribution >= 4 is 0 Å². The Hall–Kier alpha value is -2.60. The van der Waals surface area contributed by atoms with Gasteiger partial charge in [0, 0.05) is 23.4 Å². The van der Waals surface area contributed by atoms with Gasteiger partial charge < -0.3 is 5.73 Å². The van der Waals surface area contributed by atoms with Gasteiger partial charge in [-0.15, -0.1) is 15.0 Å². The SMILES string of the molecule is C[C@@H](N)c1cccnc1-n1nnc(-c2ccccc2)n1. The van der Waals surface area contributed by atoms with E-state index in [1.54, 1.807) is 6.20 Å². The molecule has 3 aromatic rings. The summed E-state index contributed by atoms with van der Waals surface area (Å²) in [6.45, 7) is 1.90. The van der Waals surface area contributed by atoms with Crippen LogP contribution in [0.3, 0.4) is 0 Å². The van der Waals surface area contributed by atoms with E-state index in [0.717, 1.165) is 11.1 Å². The first-order valence-electron chi connectivity index (χ1n) is 6.32. The molecule has 0 aliphatic carbocycles. The van der Waals surface area contributed by atoms with Gasteiger partial charge >= 0.3 is 0 Å². The molecular formula is C14H14N6. The molecule has 1 atom stereocenters. The highest BCUT2D eigenvalue weighted by Crippen LogP contribution is 2.18. The van der Waals surface area contributed by atoms with Crippen molar-refractivity contribution in [1.82, 2.24) is 25.2 Å². The van der Waals surface area contributed by atoms with Crippen molar-refractivity contribution in [3.8, 4) is 17.2 Å². The summed E-state index contributed by atoms with van der Waals surface area (Å²) >= 11 is 0. The van der Waals surface area contributed by atoms with Gasteiger partial charge in [0.05, 0.1) is 0 Å². The molecule has 0 aliphatic rings. The minimum absolute atomic E-state index is 0.148. The zero-order valence-corrected chi connectivity index (χ0v) is 11.0. The number of tetrazole rings is 1. The molecule has 0 spiro atoms. The second-order valence-electron chi connectivity index (χ2n) is 4.47. The Morgan fingerprint density at radius 3 is 2.65 bits per heavy atom. The maximum atomic E-state index is 5.94. The third-order valence-corrected chi connectivity index (χ3v) is 2.94. The molecule has 0 fully saturated rings. The Balaban J connectivity index is 2.03. The molecule has 0 saturated carbocycles. The van der Waals surface area contributed by atoms with Gasteiger partial charge in [-0.05, 0) is 18.2 Å². The van der Waals surface area contributed by atoms with Crippen LogP contribution in [0.15, 0.2) is 48.7 Å². The summed E-state index contributed by atoms with van der Waals surface area (Å²) in [7, 11) is 0. The lowest BCUT2D eigenvalue weighted by atomic mass is 10.1. The molecule has 3 rings (SSSR count). The molecule has 0 saturated heterocycles. The second kappa shape index (κ2) is 5.18. The second-order valence-corrected chi connectivity index (χ2v) is 4.47. The quantitative estimate of drug-likeness (QED) is 0.780. The third-order valence-electron chi connectivity index (χ3n) is 2.94. The standard InChI is InChI=1S/C14H14N6/c1-10(15)12-8-5-9-16-14(12)20-18-13(17-19-20)11-6-3-2-4-7-11/h2-10H,15H2,1H3/t10-/m1/s1. The molecule has 2 N–H and O–H groups in total. The van der Waals surface area contributed by atoms with Crippen molar-refractivity contribution in [2.45, 2.75) is 13.0 Å². The van der Waals surface area contributed by atoms with E-state index in [1.807, 2.05) is 49.4 Å². The molecular weight excluding hydrogens is 252 g/mol. The zero-order chi connectivity index (χ0) is 13.9. The van der Waals surface area contributed by atoms with Crippen molar-refractivity contribution in [1.29, 1.82) is 0 Å². The lowest BCUT2D eigenvalue weighted by molar-refractivity contribution is 0.675. The monoisotopic (exact) mass is 266 g/mol. The van der Waals surface area contributed by atoms with Crippen molar-refractivity contribution in [2.75, 3.05) is 0 Å².